The van der Waals surface area contributed by atoms with Crippen LogP contribution in [-0.2, 0) is 0 Å². The van der Waals surface area contributed by atoms with E-state index in [2.05, 4.69) is 34.4 Å². The zero-order valence-corrected chi connectivity index (χ0v) is 11.2. The van der Waals surface area contributed by atoms with Gasteiger partial charge in [0, 0.05) is 16.6 Å². The van der Waals surface area contributed by atoms with Gasteiger partial charge in [0.15, 0.2) is 0 Å². The quantitative estimate of drug-likeness (QED) is 0.463. The first-order chi connectivity index (χ1) is 7.71. The smallest absolute Gasteiger partial charge is 0.292 e. The topological polar surface area (TPSA) is 75.4 Å². The molecule has 1 fully saturated rings. The van der Waals surface area contributed by atoms with Crippen molar-refractivity contribution in [1.82, 2.24) is 5.32 Å². The van der Waals surface area contributed by atoms with Crippen molar-refractivity contribution in [3.63, 3.8) is 0 Å². The maximum atomic E-state index is 10.8. The molecule has 17 heavy (non-hydrogen) atoms. The summed E-state index contributed by atoms with van der Waals surface area (Å²) in [4.78, 5) is 10.3. The van der Waals surface area contributed by atoms with Gasteiger partial charge in [-0.25, -0.2) is 0 Å². The minimum absolute atomic E-state index is 0.0319. The molecular formula is C11H15BrN2O3. The number of nitro groups is 1. The number of hydrogen-bond donors (Lipinski definition) is 2. The third kappa shape index (κ3) is 3.98. The van der Waals surface area contributed by atoms with Gasteiger partial charge >= 0.3 is 0 Å². The lowest BCUT2D eigenvalue weighted by atomic mass is 9.77. The average molecular weight is 303 g/mol. The average Bonchev–Trinajstić information content (AvgIpc) is 2.10. The summed E-state index contributed by atoms with van der Waals surface area (Å²) < 4.78 is 0.410. The van der Waals surface area contributed by atoms with Crippen LogP contribution in [0.25, 0.3) is 0 Å². The molecule has 0 bridgehead atoms. The lowest BCUT2D eigenvalue weighted by Gasteiger charge is -2.41. The fourth-order valence-corrected chi connectivity index (χ4v) is 2.04. The second kappa shape index (κ2) is 5.01. The van der Waals surface area contributed by atoms with Gasteiger partial charge in [-0.1, -0.05) is 29.1 Å². The molecular weight excluding hydrogens is 288 g/mol. The Morgan fingerprint density at radius 3 is 2.53 bits per heavy atom. The number of aliphatic hydroxyl groups is 1. The van der Waals surface area contributed by atoms with E-state index in [1.807, 2.05) is 0 Å². The molecule has 0 radical (unpaired) electrons. The van der Waals surface area contributed by atoms with Crippen LogP contribution in [0, 0.1) is 10.1 Å². The van der Waals surface area contributed by atoms with E-state index < -0.39 is 10.5 Å². The monoisotopic (exact) mass is 302 g/mol. The maximum Gasteiger partial charge on any atom is 0.292 e. The summed E-state index contributed by atoms with van der Waals surface area (Å²) in [6.45, 7) is 8.89. The van der Waals surface area contributed by atoms with E-state index in [-0.39, 0.29) is 17.4 Å². The van der Waals surface area contributed by atoms with Crippen LogP contribution in [0.4, 0.5) is 0 Å². The summed E-state index contributed by atoms with van der Waals surface area (Å²) in [6, 6.07) is 0.0319. The summed E-state index contributed by atoms with van der Waals surface area (Å²) in [5.41, 5.74) is -0.565. The Balaban J connectivity index is 2.62. The minimum atomic E-state index is -0.671. The predicted octanol–water partition coefficient (Wildman–Crippen LogP) is 2.07. The van der Waals surface area contributed by atoms with E-state index >= 15 is 0 Å². The highest BCUT2D eigenvalue weighted by atomic mass is 79.9. The molecule has 0 amide bonds. The van der Waals surface area contributed by atoms with Crippen molar-refractivity contribution in [1.29, 1.82) is 0 Å². The predicted molar refractivity (Wildman–Crippen MR) is 69.1 cm³/mol. The lowest BCUT2D eigenvalue weighted by molar-refractivity contribution is -0.421. The fourth-order valence-electron chi connectivity index (χ4n) is 1.82. The van der Waals surface area contributed by atoms with Crippen LogP contribution in [0.15, 0.2) is 35.1 Å². The maximum absolute atomic E-state index is 10.8. The van der Waals surface area contributed by atoms with Gasteiger partial charge in [-0.3, -0.25) is 10.1 Å². The molecule has 0 aliphatic heterocycles. The number of halogens is 1. The first kappa shape index (κ1) is 13.9. The number of rotatable bonds is 5. The Hall–Kier alpha value is -1.14. The molecule has 5 nitrogen and oxygen atoms in total. The Bertz CT molecular complexity index is 394. The van der Waals surface area contributed by atoms with E-state index in [9.17, 15) is 15.2 Å². The van der Waals surface area contributed by atoms with Crippen molar-refractivity contribution < 1.29 is 10.0 Å². The zero-order valence-electron chi connectivity index (χ0n) is 9.57. The van der Waals surface area contributed by atoms with Crippen LogP contribution >= 0.6 is 15.9 Å². The molecule has 6 heteroatoms. The lowest BCUT2D eigenvalue weighted by Crippen LogP contribution is -2.51. The van der Waals surface area contributed by atoms with Gasteiger partial charge in [0.2, 0.25) is 0 Å². The number of nitrogens with one attached hydrogen (secondary N) is 1. The molecule has 0 aromatic carbocycles. The molecule has 1 aliphatic carbocycles. The highest BCUT2D eigenvalue weighted by Gasteiger charge is 2.39. The summed E-state index contributed by atoms with van der Waals surface area (Å²) in [7, 11) is 0. The van der Waals surface area contributed by atoms with Crippen molar-refractivity contribution in [3.05, 3.63) is 45.2 Å². The second-order valence-electron chi connectivity index (χ2n) is 4.46. The molecule has 0 saturated heterocycles. The SMILES string of the molecule is C=C(Br)/C=C(\C(=C)N[C@H]1C[C@@](C)(O)C1)[N+](=O)[O-]. The summed E-state index contributed by atoms with van der Waals surface area (Å²) in [6.07, 6.45) is 2.42. The van der Waals surface area contributed by atoms with Gasteiger partial charge in [0.05, 0.1) is 10.5 Å². The molecule has 0 atom stereocenters. The fraction of sp³-hybridized carbons (Fsp3) is 0.455. The number of allylic oxidation sites excluding steroid dienone is 2. The molecule has 1 saturated carbocycles. The molecule has 2 N–H and O–H groups in total. The minimum Gasteiger partial charge on any atom is -0.390 e. The van der Waals surface area contributed by atoms with E-state index in [1.165, 1.54) is 6.08 Å². The number of hydrogen-bond acceptors (Lipinski definition) is 4. The Kier molecular flexibility index (Phi) is 4.11. The summed E-state index contributed by atoms with van der Waals surface area (Å²) >= 11 is 3.04. The van der Waals surface area contributed by atoms with Crippen LogP contribution in [0.5, 0.6) is 0 Å². The van der Waals surface area contributed by atoms with Crippen molar-refractivity contribution >= 4 is 15.9 Å². The van der Waals surface area contributed by atoms with Crippen LogP contribution in [0.1, 0.15) is 19.8 Å². The van der Waals surface area contributed by atoms with Gasteiger partial charge < -0.3 is 10.4 Å². The molecule has 94 valence electrons. The normalized spacial score (nSPS) is 28.2. The molecule has 1 rings (SSSR count). The van der Waals surface area contributed by atoms with Gasteiger partial charge in [0.1, 0.15) is 5.70 Å². The third-order valence-corrected chi connectivity index (χ3v) is 2.78. The van der Waals surface area contributed by atoms with Crippen molar-refractivity contribution in [2.24, 2.45) is 0 Å². The van der Waals surface area contributed by atoms with Gasteiger partial charge in [-0.05, 0) is 19.8 Å². The summed E-state index contributed by atoms with van der Waals surface area (Å²) in [5.74, 6) is 0. The first-order valence-corrected chi connectivity index (χ1v) is 5.89. The summed E-state index contributed by atoms with van der Waals surface area (Å²) in [5, 5.41) is 23.3. The van der Waals surface area contributed by atoms with Gasteiger partial charge in [-0.15, -0.1) is 0 Å². The van der Waals surface area contributed by atoms with Crippen LogP contribution in [0.3, 0.4) is 0 Å². The Morgan fingerprint density at radius 1 is 1.65 bits per heavy atom. The van der Waals surface area contributed by atoms with E-state index in [0.29, 0.717) is 17.3 Å². The molecule has 0 spiro atoms. The number of nitrogens with zero attached hydrogens (tertiary/aromatic N) is 1. The van der Waals surface area contributed by atoms with E-state index in [1.54, 1.807) is 6.92 Å². The van der Waals surface area contributed by atoms with Crippen LogP contribution < -0.4 is 5.32 Å². The van der Waals surface area contributed by atoms with E-state index in [4.69, 9.17) is 0 Å². The van der Waals surface area contributed by atoms with Crippen LogP contribution in [-0.4, -0.2) is 21.7 Å². The van der Waals surface area contributed by atoms with Crippen molar-refractivity contribution in [2.45, 2.75) is 31.4 Å². The molecule has 0 aromatic heterocycles. The third-order valence-electron chi connectivity index (χ3n) is 2.55. The highest BCUT2D eigenvalue weighted by Crippen LogP contribution is 2.32. The van der Waals surface area contributed by atoms with Crippen molar-refractivity contribution in [3.8, 4) is 0 Å². The largest absolute Gasteiger partial charge is 0.390 e. The molecule has 0 heterocycles. The first-order valence-electron chi connectivity index (χ1n) is 5.10. The Morgan fingerprint density at radius 2 is 2.18 bits per heavy atom. The van der Waals surface area contributed by atoms with E-state index in [0.717, 1.165) is 0 Å². The zero-order chi connectivity index (χ0) is 13.2. The van der Waals surface area contributed by atoms with Crippen molar-refractivity contribution in [2.75, 3.05) is 0 Å². The Labute approximate surface area is 108 Å². The molecule has 0 aromatic rings. The highest BCUT2D eigenvalue weighted by molar-refractivity contribution is 9.11. The molecule has 1 aliphatic rings. The molecule has 0 unspecified atom stereocenters. The van der Waals surface area contributed by atoms with Gasteiger partial charge in [0.25, 0.3) is 5.70 Å². The van der Waals surface area contributed by atoms with Gasteiger partial charge in [-0.2, -0.15) is 0 Å². The van der Waals surface area contributed by atoms with Crippen LogP contribution in [0.2, 0.25) is 0 Å². The second-order valence-corrected chi connectivity index (χ2v) is 5.48. The standard InChI is InChI=1S/C11H15BrN2O3/c1-7(12)4-10(14(16)17)8(2)13-9-5-11(3,15)6-9/h4,9,13,15H,1-2,5-6H2,3H3/b10-4+/t9-,11+.